The SMILES string of the molecule is CC1CCCCCC1NCc1ccc(-c2ccccc2)s1. The molecule has 0 amide bonds. The van der Waals surface area contributed by atoms with E-state index in [1.807, 2.05) is 11.3 Å². The summed E-state index contributed by atoms with van der Waals surface area (Å²) in [6.45, 7) is 3.43. The van der Waals surface area contributed by atoms with Crippen LogP contribution in [-0.4, -0.2) is 6.04 Å². The molecule has 1 aromatic carbocycles. The molecule has 1 fully saturated rings. The highest BCUT2D eigenvalue weighted by atomic mass is 32.1. The van der Waals surface area contributed by atoms with E-state index in [4.69, 9.17) is 0 Å². The second kappa shape index (κ2) is 7.24. The van der Waals surface area contributed by atoms with Gasteiger partial charge in [0.25, 0.3) is 0 Å². The lowest BCUT2D eigenvalue weighted by molar-refractivity contribution is 0.357. The summed E-state index contributed by atoms with van der Waals surface area (Å²) < 4.78 is 0. The van der Waals surface area contributed by atoms with E-state index in [0.717, 1.165) is 12.5 Å². The minimum atomic E-state index is 0.703. The molecule has 3 rings (SSSR count). The summed E-state index contributed by atoms with van der Waals surface area (Å²) >= 11 is 1.92. The molecule has 112 valence electrons. The quantitative estimate of drug-likeness (QED) is 0.738. The molecule has 1 heterocycles. The van der Waals surface area contributed by atoms with E-state index in [2.05, 4.69) is 54.7 Å². The minimum Gasteiger partial charge on any atom is -0.309 e. The molecule has 1 saturated carbocycles. The van der Waals surface area contributed by atoms with Crippen LogP contribution in [0.3, 0.4) is 0 Å². The second-order valence-electron chi connectivity index (χ2n) is 6.23. The molecule has 0 bridgehead atoms. The fraction of sp³-hybridized carbons (Fsp3) is 0.474. The van der Waals surface area contributed by atoms with Crippen molar-refractivity contribution >= 4 is 11.3 Å². The Balaban J connectivity index is 1.60. The molecule has 1 aliphatic rings. The van der Waals surface area contributed by atoms with E-state index >= 15 is 0 Å². The predicted molar refractivity (Wildman–Crippen MR) is 92.6 cm³/mol. The average molecular weight is 299 g/mol. The number of benzene rings is 1. The lowest BCUT2D eigenvalue weighted by Crippen LogP contribution is -2.33. The minimum absolute atomic E-state index is 0.703. The Kier molecular flexibility index (Phi) is 5.10. The first-order valence-electron chi connectivity index (χ1n) is 8.20. The van der Waals surface area contributed by atoms with Crippen molar-refractivity contribution in [3.63, 3.8) is 0 Å². The van der Waals surface area contributed by atoms with Gasteiger partial charge in [-0.3, -0.25) is 0 Å². The van der Waals surface area contributed by atoms with Gasteiger partial charge < -0.3 is 5.32 Å². The van der Waals surface area contributed by atoms with Gasteiger partial charge in [-0.15, -0.1) is 11.3 Å². The van der Waals surface area contributed by atoms with Crippen molar-refractivity contribution in [3.05, 3.63) is 47.3 Å². The highest BCUT2D eigenvalue weighted by Crippen LogP contribution is 2.28. The van der Waals surface area contributed by atoms with Crippen LogP contribution < -0.4 is 5.32 Å². The number of hydrogen-bond donors (Lipinski definition) is 1. The van der Waals surface area contributed by atoms with Crippen molar-refractivity contribution in [2.24, 2.45) is 5.92 Å². The summed E-state index contributed by atoms with van der Waals surface area (Å²) in [5.74, 6) is 0.820. The van der Waals surface area contributed by atoms with Crippen LogP contribution in [0.25, 0.3) is 10.4 Å². The van der Waals surface area contributed by atoms with Crippen LogP contribution in [-0.2, 0) is 6.54 Å². The molecule has 2 unspecified atom stereocenters. The zero-order valence-electron chi connectivity index (χ0n) is 12.8. The van der Waals surface area contributed by atoms with Crippen molar-refractivity contribution in [1.29, 1.82) is 0 Å². The molecule has 2 aromatic rings. The van der Waals surface area contributed by atoms with Crippen molar-refractivity contribution in [3.8, 4) is 10.4 Å². The maximum absolute atomic E-state index is 3.80. The largest absolute Gasteiger partial charge is 0.309 e. The molecule has 1 nitrogen and oxygen atoms in total. The Labute approximate surface area is 132 Å². The summed E-state index contributed by atoms with van der Waals surface area (Å²) in [5.41, 5.74) is 1.33. The Hall–Kier alpha value is -1.12. The first-order chi connectivity index (χ1) is 10.3. The monoisotopic (exact) mass is 299 g/mol. The molecular formula is C19H25NS. The zero-order valence-corrected chi connectivity index (χ0v) is 13.7. The molecule has 0 saturated heterocycles. The second-order valence-corrected chi connectivity index (χ2v) is 7.40. The number of rotatable bonds is 4. The Morgan fingerprint density at radius 2 is 1.81 bits per heavy atom. The van der Waals surface area contributed by atoms with Gasteiger partial charge in [-0.25, -0.2) is 0 Å². The van der Waals surface area contributed by atoms with Gasteiger partial charge in [0, 0.05) is 22.3 Å². The Bertz CT molecular complexity index is 546. The molecule has 2 heteroatoms. The van der Waals surface area contributed by atoms with E-state index in [9.17, 15) is 0 Å². The van der Waals surface area contributed by atoms with Crippen LogP contribution in [0, 0.1) is 5.92 Å². The molecule has 1 aliphatic carbocycles. The van der Waals surface area contributed by atoms with Gasteiger partial charge >= 0.3 is 0 Å². The van der Waals surface area contributed by atoms with E-state index in [1.165, 1.54) is 47.4 Å². The van der Waals surface area contributed by atoms with Gasteiger partial charge in [0.05, 0.1) is 0 Å². The van der Waals surface area contributed by atoms with E-state index in [1.54, 1.807) is 0 Å². The van der Waals surface area contributed by atoms with Gasteiger partial charge in [0.2, 0.25) is 0 Å². The zero-order chi connectivity index (χ0) is 14.5. The summed E-state index contributed by atoms with van der Waals surface area (Å²) in [5, 5.41) is 3.80. The van der Waals surface area contributed by atoms with Gasteiger partial charge in [-0.05, 0) is 36.5 Å². The van der Waals surface area contributed by atoms with Crippen LogP contribution in [0.5, 0.6) is 0 Å². The summed E-state index contributed by atoms with van der Waals surface area (Å²) in [4.78, 5) is 2.83. The predicted octanol–water partition coefficient (Wildman–Crippen LogP) is 5.47. The Morgan fingerprint density at radius 3 is 2.67 bits per heavy atom. The van der Waals surface area contributed by atoms with Crippen LogP contribution in [0.4, 0.5) is 0 Å². The standard InChI is InChI=1S/C19H25NS/c1-15-8-4-2-7-11-18(15)20-14-17-12-13-19(21-17)16-9-5-3-6-10-16/h3,5-6,9-10,12-13,15,18,20H,2,4,7-8,11,14H2,1H3. The number of thiophene rings is 1. The normalized spacial score (nSPS) is 22.9. The van der Waals surface area contributed by atoms with Crippen molar-refractivity contribution < 1.29 is 0 Å². The van der Waals surface area contributed by atoms with Crippen LogP contribution in [0.15, 0.2) is 42.5 Å². The van der Waals surface area contributed by atoms with Gasteiger partial charge in [-0.1, -0.05) is 56.5 Å². The van der Waals surface area contributed by atoms with E-state index in [-0.39, 0.29) is 0 Å². The smallest absolute Gasteiger partial charge is 0.0346 e. The molecule has 21 heavy (non-hydrogen) atoms. The van der Waals surface area contributed by atoms with Crippen molar-refractivity contribution in [2.45, 2.75) is 51.6 Å². The molecular weight excluding hydrogens is 274 g/mol. The average Bonchev–Trinajstić information content (AvgIpc) is 2.90. The molecule has 0 spiro atoms. The maximum Gasteiger partial charge on any atom is 0.0346 e. The molecule has 2 atom stereocenters. The number of hydrogen-bond acceptors (Lipinski definition) is 2. The lowest BCUT2D eigenvalue weighted by Gasteiger charge is -2.22. The van der Waals surface area contributed by atoms with Gasteiger partial charge in [-0.2, -0.15) is 0 Å². The third-order valence-corrected chi connectivity index (χ3v) is 5.75. The highest BCUT2D eigenvalue weighted by Gasteiger charge is 2.19. The highest BCUT2D eigenvalue weighted by molar-refractivity contribution is 7.15. The molecule has 1 N–H and O–H groups in total. The summed E-state index contributed by atoms with van der Waals surface area (Å²) in [7, 11) is 0. The van der Waals surface area contributed by atoms with Crippen molar-refractivity contribution in [1.82, 2.24) is 5.32 Å². The third-order valence-electron chi connectivity index (χ3n) is 4.62. The fourth-order valence-electron chi connectivity index (χ4n) is 3.26. The van der Waals surface area contributed by atoms with E-state index in [0.29, 0.717) is 6.04 Å². The fourth-order valence-corrected chi connectivity index (χ4v) is 4.22. The van der Waals surface area contributed by atoms with Crippen LogP contribution in [0.1, 0.15) is 43.9 Å². The van der Waals surface area contributed by atoms with Crippen LogP contribution >= 0.6 is 11.3 Å². The van der Waals surface area contributed by atoms with E-state index < -0.39 is 0 Å². The topological polar surface area (TPSA) is 12.0 Å². The Morgan fingerprint density at radius 1 is 1.00 bits per heavy atom. The molecule has 0 aliphatic heterocycles. The third kappa shape index (κ3) is 3.96. The van der Waals surface area contributed by atoms with Gasteiger partial charge in [0.1, 0.15) is 0 Å². The maximum atomic E-state index is 3.80. The van der Waals surface area contributed by atoms with Gasteiger partial charge in [0.15, 0.2) is 0 Å². The van der Waals surface area contributed by atoms with Crippen molar-refractivity contribution in [2.75, 3.05) is 0 Å². The lowest BCUT2D eigenvalue weighted by atomic mass is 9.97. The first-order valence-corrected chi connectivity index (χ1v) is 9.02. The first kappa shape index (κ1) is 14.8. The number of nitrogens with one attached hydrogen (secondary N) is 1. The molecule has 1 aromatic heterocycles. The van der Waals surface area contributed by atoms with Crippen LogP contribution in [0.2, 0.25) is 0 Å². The molecule has 0 radical (unpaired) electrons. The summed E-state index contributed by atoms with van der Waals surface area (Å²) in [6, 6.07) is 15.9. The summed E-state index contributed by atoms with van der Waals surface area (Å²) in [6.07, 6.45) is 6.95.